The number of aromatic nitrogens is 2. The summed E-state index contributed by atoms with van der Waals surface area (Å²) in [6, 6.07) is 19.2. The molecule has 2 atom stereocenters. The molecule has 1 saturated heterocycles. The fraction of sp³-hybridized carbons (Fsp3) is 0.355. The summed E-state index contributed by atoms with van der Waals surface area (Å²) in [6.07, 6.45) is -0.876. The highest BCUT2D eigenvalue weighted by Crippen LogP contribution is 2.22. The van der Waals surface area contributed by atoms with Crippen molar-refractivity contribution in [2.75, 3.05) is 38.1 Å². The van der Waals surface area contributed by atoms with E-state index in [0.29, 0.717) is 17.2 Å². The van der Waals surface area contributed by atoms with Crippen LogP contribution in [0, 0.1) is 0 Å². The van der Waals surface area contributed by atoms with Gasteiger partial charge in [-0.3, -0.25) is 14.4 Å². The minimum Gasteiger partial charge on any atom is -0.481 e. The SMILES string of the molecule is CCOC(=O)N1CCN(C(=O)[C@H](CCC(=O)O)NC(=O)c2cc(N[C@H](C)c3ccccc3)nc(-c3ccccc3)n2)CC1. The summed E-state index contributed by atoms with van der Waals surface area (Å²) in [5.41, 5.74) is 1.75. The van der Waals surface area contributed by atoms with Gasteiger partial charge in [-0.1, -0.05) is 60.7 Å². The van der Waals surface area contributed by atoms with Gasteiger partial charge in [0.1, 0.15) is 17.6 Å². The minimum absolute atomic E-state index is 0.0249. The van der Waals surface area contributed by atoms with Crippen molar-refractivity contribution in [2.24, 2.45) is 0 Å². The van der Waals surface area contributed by atoms with Crippen LogP contribution in [0.1, 0.15) is 48.8 Å². The van der Waals surface area contributed by atoms with Crippen molar-refractivity contribution in [3.63, 3.8) is 0 Å². The molecule has 1 aliphatic rings. The van der Waals surface area contributed by atoms with E-state index in [9.17, 15) is 24.3 Å². The Bertz CT molecular complexity index is 1410. The van der Waals surface area contributed by atoms with E-state index in [0.717, 1.165) is 5.56 Å². The molecule has 1 aliphatic heterocycles. The number of amides is 3. The molecule has 2 aromatic carbocycles. The van der Waals surface area contributed by atoms with Crippen LogP contribution in [0.2, 0.25) is 0 Å². The van der Waals surface area contributed by atoms with Gasteiger partial charge in [-0.25, -0.2) is 14.8 Å². The predicted octanol–water partition coefficient (Wildman–Crippen LogP) is 3.58. The van der Waals surface area contributed by atoms with Gasteiger partial charge in [-0.15, -0.1) is 0 Å². The van der Waals surface area contributed by atoms with Gasteiger partial charge in [0.2, 0.25) is 5.91 Å². The summed E-state index contributed by atoms with van der Waals surface area (Å²) in [4.78, 5) is 62.6. The van der Waals surface area contributed by atoms with E-state index in [-0.39, 0.29) is 57.4 Å². The Morgan fingerprint density at radius 3 is 2.19 bits per heavy atom. The maximum Gasteiger partial charge on any atom is 0.409 e. The van der Waals surface area contributed by atoms with Crippen LogP contribution < -0.4 is 10.6 Å². The Labute approximate surface area is 250 Å². The second kappa shape index (κ2) is 14.8. The van der Waals surface area contributed by atoms with E-state index in [1.54, 1.807) is 6.92 Å². The fourth-order valence-electron chi connectivity index (χ4n) is 4.70. The first kappa shape index (κ1) is 30.9. The average molecular weight is 589 g/mol. The molecule has 0 unspecified atom stereocenters. The van der Waals surface area contributed by atoms with Gasteiger partial charge in [0.25, 0.3) is 5.91 Å². The summed E-state index contributed by atoms with van der Waals surface area (Å²) in [5.74, 6) is -1.41. The number of hydrogen-bond donors (Lipinski definition) is 3. The third-order valence-corrected chi connectivity index (χ3v) is 7.02. The first-order chi connectivity index (χ1) is 20.7. The molecular weight excluding hydrogens is 552 g/mol. The Morgan fingerprint density at radius 2 is 1.56 bits per heavy atom. The van der Waals surface area contributed by atoms with Crippen molar-refractivity contribution >= 4 is 29.7 Å². The van der Waals surface area contributed by atoms with Crippen LogP contribution in [0.25, 0.3) is 11.4 Å². The second-order valence-corrected chi connectivity index (χ2v) is 10.1. The summed E-state index contributed by atoms with van der Waals surface area (Å²) in [6.45, 7) is 4.94. The van der Waals surface area contributed by atoms with Gasteiger partial charge in [0, 0.05) is 50.3 Å². The van der Waals surface area contributed by atoms with E-state index in [2.05, 4.69) is 20.6 Å². The van der Waals surface area contributed by atoms with Gasteiger partial charge in [0.15, 0.2) is 5.82 Å². The van der Waals surface area contributed by atoms with Crippen molar-refractivity contribution in [1.29, 1.82) is 0 Å². The molecule has 226 valence electrons. The Balaban J connectivity index is 1.55. The zero-order chi connectivity index (χ0) is 30.8. The number of anilines is 1. The Hall–Kier alpha value is -5.00. The normalized spacial score (nSPS) is 14.4. The van der Waals surface area contributed by atoms with E-state index in [4.69, 9.17) is 4.74 Å². The van der Waals surface area contributed by atoms with Gasteiger partial charge < -0.3 is 30.3 Å². The number of piperazine rings is 1. The Morgan fingerprint density at radius 1 is 0.930 bits per heavy atom. The van der Waals surface area contributed by atoms with Crippen LogP contribution in [0.5, 0.6) is 0 Å². The van der Waals surface area contributed by atoms with Crippen molar-refractivity contribution in [3.05, 3.63) is 78.0 Å². The number of carbonyl (C=O) groups excluding carboxylic acids is 3. The molecule has 0 saturated carbocycles. The third-order valence-electron chi connectivity index (χ3n) is 7.02. The summed E-state index contributed by atoms with van der Waals surface area (Å²) in [7, 11) is 0. The van der Waals surface area contributed by atoms with E-state index in [1.807, 2.05) is 67.6 Å². The Kier molecular flexibility index (Phi) is 10.6. The number of ether oxygens (including phenoxy) is 1. The number of benzene rings is 2. The number of carboxylic acids is 1. The number of carbonyl (C=O) groups is 4. The largest absolute Gasteiger partial charge is 0.481 e. The third kappa shape index (κ3) is 8.51. The lowest BCUT2D eigenvalue weighted by atomic mass is 10.1. The number of aliphatic carboxylic acids is 1. The molecule has 12 nitrogen and oxygen atoms in total. The molecule has 12 heteroatoms. The lowest BCUT2D eigenvalue weighted by Crippen LogP contribution is -2.56. The van der Waals surface area contributed by atoms with Gasteiger partial charge in [-0.05, 0) is 25.8 Å². The van der Waals surface area contributed by atoms with Crippen molar-refractivity contribution < 1.29 is 29.0 Å². The maximum atomic E-state index is 13.6. The van der Waals surface area contributed by atoms with Crippen molar-refractivity contribution in [1.82, 2.24) is 25.1 Å². The summed E-state index contributed by atoms with van der Waals surface area (Å²) >= 11 is 0. The molecule has 0 aliphatic carbocycles. The molecule has 0 bridgehead atoms. The molecule has 0 radical (unpaired) electrons. The molecule has 43 heavy (non-hydrogen) atoms. The van der Waals surface area contributed by atoms with Gasteiger partial charge in [0.05, 0.1) is 6.61 Å². The summed E-state index contributed by atoms with van der Waals surface area (Å²) < 4.78 is 5.04. The zero-order valence-electron chi connectivity index (χ0n) is 24.2. The topological polar surface area (TPSA) is 154 Å². The van der Waals surface area contributed by atoms with Crippen LogP contribution in [0.4, 0.5) is 10.6 Å². The fourth-order valence-corrected chi connectivity index (χ4v) is 4.70. The van der Waals surface area contributed by atoms with Crippen LogP contribution >= 0.6 is 0 Å². The molecular formula is C31H36N6O6. The van der Waals surface area contributed by atoms with Crippen LogP contribution in [0.3, 0.4) is 0 Å². The number of hydrogen-bond acceptors (Lipinski definition) is 8. The number of rotatable bonds is 11. The number of nitrogens with one attached hydrogen (secondary N) is 2. The number of carboxylic acid groups (broad SMARTS) is 1. The molecule has 4 rings (SSSR count). The van der Waals surface area contributed by atoms with Gasteiger partial charge in [-0.2, -0.15) is 0 Å². The lowest BCUT2D eigenvalue weighted by Gasteiger charge is -2.35. The molecule has 1 aromatic heterocycles. The first-order valence-electron chi connectivity index (χ1n) is 14.2. The smallest absolute Gasteiger partial charge is 0.409 e. The van der Waals surface area contributed by atoms with Crippen molar-refractivity contribution in [3.8, 4) is 11.4 Å². The van der Waals surface area contributed by atoms with Crippen LogP contribution in [-0.2, 0) is 14.3 Å². The predicted molar refractivity (Wildman–Crippen MR) is 159 cm³/mol. The van der Waals surface area contributed by atoms with E-state index < -0.39 is 29.9 Å². The highest BCUT2D eigenvalue weighted by molar-refractivity contribution is 5.97. The average Bonchev–Trinajstić information content (AvgIpc) is 3.03. The molecule has 0 spiro atoms. The zero-order valence-corrected chi connectivity index (χ0v) is 24.2. The van der Waals surface area contributed by atoms with Gasteiger partial charge >= 0.3 is 12.1 Å². The monoisotopic (exact) mass is 588 g/mol. The van der Waals surface area contributed by atoms with E-state index in [1.165, 1.54) is 15.9 Å². The highest BCUT2D eigenvalue weighted by Gasteiger charge is 2.31. The standard InChI is InChI=1S/C31H36N6O6/c1-3-43-31(42)37-18-16-36(17-19-37)30(41)24(14-15-27(38)39)34-29(40)25-20-26(32-21(2)22-10-6-4-7-11-22)35-28(33-25)23-12-8-5-9-13-23/h4-13,20-21,24H,3,14-19H2,1-2H3,(H,34,40)(H,38,39)(H,32,33,35)/t21-,24+/m1/s1. The summed E-state index contributed by atoms with van der Waals surface area (Å²) in [5, 5.41) is 15.3. The van der Waals surface area contributed by atoms with Crippen LogP contribution in [0.15, 0.2) is 66.7 Å². The quantitative estimate of drug-likeness (QED) is 0.305. The second-order valence-electron chi connectivity index (χ2n) is 10.1. The molecule has 3 aromatic rings. The molecule has 3 amide bonds. The maximum absolute atomic E-state index is 13.6. The molecule has 1 fully saturated rings. The number of nitrogens with zero attached hydrogens (tertiary/aromatic N) is 4. The van der Waals surface area contributed by atoms with Crippen molar-refractivity contribution in [2.45, 2.75) is 38.8 Å². The van der Waals surface area contributed by atoms with E-state index >= 15 is 0 Å². The van der Waals surface area contributed by atoms with Crippen LogP contribution in [-0.4, -0.2) is 87.6 Å². The lowest BCUT2D eigenvalue weighted by molar-refractivity contribution is -0.138. The first-order valence-corrected chi connectivity index (χ1v) is 14.2. The highest BCUT2D eigenvalue weighted by atomic mass is 16.6. The molecule has 2 heterocycles. The minimum atomic E-state index is -1.10. The molecule has 3 N–H and O–H groups in total.